The molecule has 1 aliphatic rings. The molecule has 2 atom stereocenters. The molecule has 1 saturated carbocycles. The second kappa shape index (κ2) is 9.98. The van der Waals surface area contributed by atoms with E-state index >= 15 is 0 Å². The smallest absolute Gasteiger partial charge is 0.394 e. The van der Waals surface area contributed by atoms with E-state index < -0.39 is 69.2 Å². The molecule has 0 saturated heterocycles. The van der Waals surface area contributed by atoms with Crippen LogP contribution in [0.1, 0.15) is 33.0 Å². The largest absolute Gasteiger partial charge is 0.419 e. The first-order valence-electron chi connectivity index (χ1n) is 10.7. The second-order valence-electron chi connectivity index (χ2n) is 8.58. The lowest BCUT2D eigenvalue weighted by Gasteiger charge is -2.11. The lowest BCUT2D eigenvalue weighted by atomic mass is 10.0. The van der Waals surface area contributed by atoms with Gasteiger partial charge in [-0.05, 0) is 47.5 Å². The molecule has 38 heavy (non-hydrogen) atoms. The van der Waals surface area contributed by atoms with E-state index in [2.05, 4.69) is 5.32 Å². The van der Waals surface area contributed by atoms with E-state index in [4.69, 9.17) is 40.5 Å². The Hall–Kier alpha value is -2.95. The van der Waals surface area contributed by atoms with Crippen LogP contribution >= 0.6 is 34.8 Å². The van der Waals surface area contributed by atoms with Crippen molar-refractivity contribution in [2.45, 2.75) is 22.8 Å². The summed E-state index contributed by atoms with van der Waals surface area (Å²) in [5, 5.41) is 2.45. The first-order chi connectivity index (χ1) is 17.6. The minimum Gasteiger partial charge on any atom is -0.394 e. The molecule has 3 N–H and O–H groups in total. The zero-order chi connectivity index (χ0) is 28.2. The van der Waals surface area contributed by atoms with Crippen LogP contribution in [0.2, 0.25) is 5.02 Å². The van der Waals surface area contributed by atoms with Gasteiger partial charge in [-0.25, -0.2) is 13.2 Å². The number of rotatable bonds is 6. The summed E-state index contributed by atoms with van der Waals surface area (Å²) >= 11 is 18.5. The Morgan fingerprint density at radius 1 is 0.974 bits per heavy atom. The van der Waals surface area contributed by atoms with Crippen LogP contribution in [0.15, 0.2) is 48.5 Å². The Balaban J connectivity index is 1.53. The quantitative estimate of drug-likeness (QED) is 0.136. The molecule has 1 aliphatic carbocycles. The van der Waals surface area contributed by atoms with Gasteiger partial charge in [-0.2, -0.15) is 13.2 Å². The predicted molar refractivity (Wildman–Crippen MR) is 131 cm³/mol. The second-order valence-corrected chi connectivity index (χ2v) is 10.4. The Morgan fingerprint density at radius 2 is 1.63 bits per heavy atom. The molecule has 0 heterocycles. The molecule has 3 aromatic rings. The maximum absolute atomic E-state index is 14.2. The summed E-state index contributed by atoms with van der Waals surface area (Å²) in [6, 6.07) is 8.03. The molecule has 4 rings (SSSR count). The number of nitrogen functional groups attached to an aromatic ring is 1. The molecule has 4 nitrogen and oxygen atoms in total. The van der Waals surface area contributed by atoms with E-state index in [1.807, 2.05) is 0 Å². The zero-order valence-electron chi connectivity index (χ0n) is 18.8. The highest BCUT2D eigenvalue weighted by molar-refractivity contribution is 6.53. The highest BCUT2D eigenvalue weighted by Crippen LogP contribution is 2.65. The van der Waals surface area contributed by atoms with Gasteiger partial charge < -0.3 is 11.1 Å². The molecule has 200 valence electrons. The molecule has 0 aromatic heterocycles. The van der Waals surface area contributed by atoms with Gasteiger partial charge in [0, 0.05) is 23.6 Å². The lowest BCUT2D eigenvalue weighted by molar-refractivity contribution is -0.140. The Labute approximate surface area is 226 Å². The van der Waals surface area contributed by atoms with Crippen LogP contribution in [0.4, 0.5) is 37.7 Å². The number of carbonyl (C=O) groups is 2. The first kappa shape index (κ1) is 28.1. The highest BCUT2D eigenvalue weighted by Gasteiger charge is 2.67. The van der Waals surface area contributed by atoms with E-state index in [0.717, 1.165) is 18.2 Å². The topological polar surface area (TPSA) is 72.2 Å². The van der Waals surface area contributed by atoms with Crippen LogP contribution in [0, 0.1) is 23.4 Å². The third-order valence-corrected chi connectivity index (χ3v) is 7.35. The number of nitrogens with two attached hydrogens (primary N) is 1. The minimum absolute atomic E-state index is 0.0252. The van der Waals surface area contributed by atoms with Crippen molar-refractivity contribution >= 4 is 57.9 Å². The van der Waals surface area contributed by atoms with Gasteiger partial charge in [-0.15, -0.1) is 23.2 Å². The predicted octanol–water partition coefficient (Wildman–Crippen LogP) is 7.31. The summed E-state index contributed by atoms with van der Waals surface area (Å²) in [6.07, 6.45) is -5.49. The van der Waals surface area contributed by atoms with Crippen molar-refractivity contribution in [3.05, 3.63) is 93.3 Å². The maximum Gasteiger partial charge on any atom is 0.419 e. The number of anilines is 2. The number of ketones is 1. The van der Waals surface area contributed by atoms with Crippen molar-refractivity contribution in [1.82, 2.24) is 0 Å². The van der Waals surface area contributed by atoms with Gasteiger partial charge in [0.05, 0.1) is 16.5 Å². The number of carbonyl (C=O) groups excluding carboxylic acids is 2. The highest BCUT2D eigenvalue weighted by atomic mass is 35.5. The van der Waals surface area contributed by atoms with Crippen LogP contribution in [0.3, 0.4) is 0 Å². The Kier molecular flexibility index (Phi) is 7.37. The maximum atomic E-state index is 14.2. The van der Waals surface area contributed by atoms with E-state index in [9.17, 15) is 35.9 Å². The molecule has 3 aromatic carbocycles. The fraction of sp³-hybridized carbons (Fsp3) is 0.200. The Bertz CT molecular complexity index is 1460. The third-order valence-electron chi connectivity index (χ3n) is 6.08. The average molecular weight is 596 g/mol. The first-order valence-corrected chi connectivity index (χ1v) is 11.9. The summed E-state index contributed by atoms with van der Waals surface area (Å²) in [7, 11) is 0. The van der Waals surface area contributed by atoms with Gasteiger partial charge in [0.15, 0.2) is 11.6 Å². The van der Waals surface area contributed by atoms with Gasteiger partial charge in [0.25, 0.3) is 0 Å². The number of amides is 1. The number of hydrogen-bond acceptors (Lipinski definition) is 3. The van der Waals surface area contributed by atoms with Crippen molar-refractivity contribution in [1.29, 1.82) is 0 Å². The van der Waals surface area contributed by atoms with Crippen molar-refractivity contribution in [3.8, 4) is 0 Å². The van der Waals surface area contributed by atoms with Crippen LogP contribution in [-0.2, 0) is 17.4 Å². The number of nitrogens with one attached hydrogen (secondary N) is 1. The molecular formula is C25H15Cl3F6N2O2. The SMILES string of the molecule is Nc1c(F)ccc(CC(=O)c2cc(NC(=O)[C@H]3[C@H](c4ccc(F)c(C(F)(F)F)c4)C3(Cl)Cl)ccc2Cl)c1F. The summed E-state index contributed by atoms with van der Waals surface area (Å²) in [5.41, 5.74) is 2.76. The van der Waals surface area contributed by atoms with Crippen LogP contribution in [-0.4, -0.2) is 16.0 Å². The van der Waals surface area contributed by atoms with E-state index in [0.29, 0.717) is 12.1 Å². The van der Waals surface area contributed by atoms with Crippen molar-refractivity contribution in [2.24, 2.45) is 5.92 Å². The third kappa shape index (κ3) is 5.30. The van der Waals surface area contributed by atoms with Gasteiger partial charge >= 0.3 is 6.18 Å². The molecule has 0 spiro atoms. The van der Waals surface area contributed by atoms with Crippen LogP contribution in [0.5, 0.6) is 0 Å². The number of halogens is 9. The van der Waals surface area contributed by atoms with Gasteiger partial charge in [0.1, 0.15) is 21.7 Å². The molecule has 0 aliphatic heterocycles. The molecule has 0 bridgehead atoms. The number of benzene rings is 3. The number of hydrogen-bond donors (Lipinski definition) is 2. The van der Waals surface area contributed by atoms with Gasteiger partial charge in [0.2, 0.25) is 5.91 Å². The van der Waals surface area contributed by atoms with Gasteiger partial charge in [-0.3, -0.25) is 9.59 Å². The molecule has 0 unspecified atom stereocenters. The summed E-state index contributed by atoms with van der Waals surface area (Å²) in [6.45, 7) is 0. The molecular weight excluding hydrogens is 581 g/mol. The lowest BCUT2D eigenvalue weighted by Crippen LogP contribution is -2.17. The molecule has 0 radical (unpaired) electrons. The van der Waals surface area contributed by atoms with E-state index in [1.54, 1.807) is 0 Å². The Morgan fingerprint density at radius 3 is 2.29 bits per heavy atom. The standard InChI is InChI=1S/C25H15Cl3F6N2O2/c26-15-4-3-12(9-13(15)18(37)8-11-2-6-17(30)22(35)21(11)31)36-23(38)20-19(24(20,27)28)10-1-5-16(29)14(7-10)25(32,33)34/h1-7,9,19-20H,8,35H2,(H,36,38)/t19-,20+/m0/s1. The molecule has 1 amide bonds. The average Bonchev–Trinajstić information content (AvgIpc) is 3.42. The minimum atomic E-state index is -4.97. The number of Topliss-reactive ketones (excluding diaryl/α,β-unsaturated/α-hetero) is 1. The monoisotopic (exact) mass is 594 g/mol. The molecule has 13 heteroatoms. The summed E-state index contributed by atoms with van der Waals surface area (Å²) in [5.74, 6) is -7.29. The fourth-order valence-electron chi connectivity index (χ4n) is 4.08. The fourth-order valence-corrected chi connectivity index (χ4v) is 5.13. The van der Waals surface area contributed by atoms with Crippen molar-refractivity contribution in [2.75, 3.05) is 11.1 Å². The number of alkyl halides is 5. The van der Waals surface area contributed by atoms with Gasteiger partial charge in [-0.1, -0.05) is 23.7 Å². The van der Waals surface area contributed by atoms with Crippen LogP contribution < -0.4 is 11.1 Å². The van der Waals surface area contributed by atoms with E-state index in [-0.39, 0.29) is 27.4 Å². The van der Waals surface area contributed by atoms with Crippen LogP contribution in [0.25, 0.3) is 0 Å². The van der Waals surface area contributed by atoms with Crippen molar-refractivity contribution in [3.63, 3.8) is 0 Å². The molecule has 1 fully saturated rings. The van der Waals surface area contributed by atoms with E-state index in [1.165, 1.54) is 18.2 Å². The zero-order valence-corrected chi connectivity index (χ0v) is 21.0. The summed E-state index contributed by atoms with van der Waals surface area (Å²) in [4.78, 5) is 25.7. The normalized spacial score (nSPS) is 18.2. The summed E-state index contributed by atoms with van der Waals surface area (Å²) < 4.78 is 78.9. The van der Waals surface area contributed by atoms with Crippen molar-refractivity contribution < 1.29 is 35.9 Å².